The quantitative estimate of drug-likeness (QED) is 0.753. The van der Waals surface area contributed by atoms with E-state index in [4.69, 9.17) is 4.42 Å². The molecule has 0 unspecified atom stereocenters. The van der Waals surface area contributed by atoms with Gasteiger partial charge in [-0.1, -0.05) is 23.4 Å². The Hall–Kier alpha value is -2.54. The van der Waals surface area contributed by atoms with Crippen LogP contribution in [0, 0.1) is 0 Å². The highest BCUT2D eigenvalue weighted by atomic mass is 16.4. The average molecular weight is 310 g/mol. The van der Waals surface area contributed by atoms with Crippen LogP contribution in [-0.4, -0.2) is 25.2 Å². The number of para-hydroxylation sites is 1. The van der Waals surface area contributed by atoms with Crippen LogP contribution in [0.25, 0.3) is 5.69 Å². The fraction of sp³-hybridized carbons (Fsp3) is 0.375. The summed E-state index contributed by atoms with van der Waals surface area (Å²) < 4.78 is 7.41. The van der Waals surface area contributed by atoms with E-state index in [-0.39, 0.29) is 6.04 Å². The third kappa shape index (κ3) is 3.14. The third-order valence-electron chi connectivity index (χ3n) is 3.94. The van der Waals surface area contributed by atoms with Gasteiger partial charge in [0.25, 0.3) is 0 Å². The summed E-state index contributed by atoms with van der Waals surface area (Å²) in [5.41, 5.74) is 1.86. The number of nitrogens with one attached hydrogen (secondary N) is 1. The van der Waals surface area contributed by atoms with E-state index in [0.29, 0.717) is 18.4 Å². The summed E-state index contributed by atoms with van der Waals surface area (Å²) in [6.45, 7) is 2.57. The highest BCUT2D eigenvalue weighted by Gasteiger charge is 2.29. The summed E-state index contributed by atoms with van der Waals surface area (Å²) in [5, 5.41) is 19.9. The van der Waals surface area contributed by atoms with Gasteiger partial charge in [-0.25, -0.2) is 4.68 Å². The van der Waals surface area contributed by atoms with Crippen molar-refractivity contribution in [2.24, 2.45) is 0 Å². The molecule has 7 nitrogen and oxygen atoms in total. The molecule has 0 spiro atoms. The molecule has 1 aliphatic rings. The van der Waals surface area contributed by atoms with Gasteiger partial charge in [-0.3, -0.25) is 0 Å². The Morgan fingerprint density at radius 1 is 1.22 bits per heavy atom. The van der Waals surface area contributed by atoms with Gasteiger partial charge in [0.1, 0.15) is 0 Å². The highest BCUT2D eigenvalue weighted by molar-refractivity contribution is 5.30. The zero-order valence-corrected chi connectivity index (χ0v) is 12.9. The minimum Gasteiger partial charge on any atom is -0.424 e. The lowest BCUT2D eigenvalue weighted by Gasteiger charge is -2.08. The molecule has 1 fully saturated rings. The maximum atomic E-state index is 5.64. The number of rotatable bonds is 6. The van der Waals surface area contributed by atoms with Crippen molar-refractivity contribution in [3.63, 3.8) is 0 Å². The van der Waals surface area contributed by atoms with E-state index in [1.165, 1.54) is 0 Å². The second-order valence-electron chi connectivity index (χ2n) is 5.83. The Labute approximate surface area is 133 Å². The first-order chi connectivity index (χ1) is 11.3. The Balaban J connectivity index is 1.38. The van der Waals surface area contributed by atoms with Crippen molar-refractivity contribution in [2.45, 2.75) is 38.3 Å². The van der Waals surface area contributed by atoms with Crippen molar-refractivity contribution in [2.75, 3.05) is 0 Å². The summed E-state index contributed by atoms with van der Waals surface area (Å²) in [6.07, 6.45) is 4.25. The predicted octanol–water partition coefficient (Wildman–Crippen LogP) is 2.38. The Kier molecular flexibility index (Phi) is 3.63. The normalized spacial score (nSPS) is 15.7. The summed E-state index contributed by atoms with van der Waals surface area (Å²) in [5.74, 6) is 1.87. The average Bonchev–Trinajstić information content (AvgIpc) is 3.14. The molecule has 0 amide bonds. The maximum absolute atomic E-state index is 5.64. The molecule has 23 heavy (non-hydrogen) atoms. The van der Waals surface area contributed by atoms with Crippen molar-refractivity contribution < 1.29 is 4.42 Å². The molecule has 0 saturated heterocycles. The highest BCUT2D eigenvalue weighted by Crippen LogP contribution is 2.38. The van der Waals surface area contributed by atoms with Gasteiger partial charge in [-0.2, -0.15) is 0 Å². The summed E-state index contributed by atoms with van der Waals surface area (Å²) >= 11 is 0. The molecule has 1 saturated carbocycles. The zero-order valence-electron chi connectivity index (χ0n) is 12.9. The molecule has 1 N–H and O–H groups in total. The lowest BCUT2D eigenvalue weighted by atomic mass is 10.2. The number of nitrogens with zero attached hydrogens (tertiary/aromatic N) is 5. The van der Waals surface area contributed by atoms with Gasteiger partial charge >= 0.3 is 0 Å². The largest absolute Gasteiger partial charge is 0.424 e. The molecular weight excluding hydrogens is 292 g/mol. The number of hydrogen-bond donors (Lipinski definition) is 1. The van der Waals surface area contributed by atoms with Crippen molar-refractivity contribution in [1.82, 2.24) is 30.5 Å². The maximum Gasteiger partial charge on any atom is 0.230 e. The first-order valence-corrected chi connectivity index (χ1v) is 7.83. The number of aromatic nitrogens is 5. The van der Waals surface area contributed by atoms with E-state index < -0.39 is 0 Å². The molecule has 1 aromatic carbocycles. The molecule has 118 valence electrons. The number of benzene rings is 1. The molecule has 0 bridgehead atoms. The van der Waals surface area contributed by atoms with Crippen LogP contribution in [0.1, 0.15) is 49.2 Å². The van der Waals surface area contributed by atoms with Gasteiger partial charge in [-0.15, -0.1) is 15.3 Å². The monoisotopic (exact) mass is 310 g/mol. The van der Waals surface area contributed by atoms with Gasteiger partial charge in [0.2, 0.25) is 11.8 Å². The standard InChI is InChI=1S/C16H18N6O/c1-11(17-9-15-19-20-16(23-15)12-7-8-12)14-10-22(21-18-14)13-5-3-2-4-6-13/h2-6,10-12,17H,7-9H2,1H3/t11-/m0/s1. The van der Waals surface area contributed by atoms with E-state index in [1.807, 2.05) is 43.5 Å². The van der Waals surface area contributed by atoms with E-state index >= 15 is 0 Å². The second-order valence-corrected chi connectivity index (χ2v) is 5.83. The lowest BCUT2D eigenvalue weighted by molar-refractivity contribution is 0.418. The summed E-state index contributed by atoms with van der Waals surface area (Å²) in [4.78, 5) is 0. The third-order valence-corrected chi connectivity index (χ3v) is 3.94. The minimum atomic E-state index is 0.0451. The van der Waals surface area contributed by atoms with Gasteiger partial charge in [-0.05, 0) is 31.9 Å². The van der Waals surface area contributed by atoms with Gasteiger partial charge in [0.05, 0.1) is 30.2 Å². The fourth-order valence-corrected chi connectivity index (χ4v) is 2.36. The number of hydrogen-bond acceptors (Lipinski definition) is 6. The Bertz CT molecular complexity index is 777. The molecule has 7 heteroatoms. The van der Waals surface area contributed by atoms with Crippen molar-refractivity contribution in [3.05, 3.63) is 54.0 Å². The molecular formula is C16H18N6O. The first-order valence-electron chi connectivity index (χ1n) is 7.83. The molecule has 0 aliphatic heterocycles. The van der Waals surface area contributed by atoms with Crippen LogP contribution in [0.2, 0.25) is 0 Å². The lowest BCUT2D eigenvalue weighted by Crippen LogP contribution is -2.18. The topological polar surface area (TPSA) is 81.7 Å². The van der Waals surface area contributed by atoms with Crippen LogP contribution >= 0.6 is 0 Å². The first kappa shape index (κ1) is 14.1. The molecule has 3 aromatic rings. The fourth-order valence-electron chi connectivity index (χ4n) is 2.36. The molecule has 1 atom stereocenters. The van der Waals surface area contributed by atoms with E-state index in [9.17, 15) is 0 Å². The molecule has 2 heterocycles. The van der Waals surface area contributed by atoms with E-state index in [1.54, 1.807) is 4.68 Å². The van der Waals surface area contributed by atoms with Crippen LogP contribution in [0.3, 0.4) is 0 Å². The SMILES string of the molecule is C[C@H](NCc1nnc(C2CC2)o1)c1cn(-c2ccccc2)nn1. The smallest absolute Gasteiger partial charge is 0.230 e. The Morgan fingerprint density at radius 3 is 2.83 bits per heavy atom. The Morgan fingerprint density at radius 2 is 2.04 bits per heavy atom. The second kappa shape index (κ2) is 5.92. The van der Waals surface area contributed by atoms with Gasteiger partial charge in [0.15, 0.2) is 0 Å². The summed E-state index contributed by atoms with van der Waals surface area (Å²) in [6, 6.07) is 9.97. The molecule has 2 aromatic heterocycles. The summed E-state index contributed by atoms with van der Waals surface area (Å²) in [7, 11) is 0. The van der Waals surface area contributed by atoms with Crippen molar-refractivity contribution >= 4 is 0 Å². The van der Waals surface area contributed by atoms with E-state index in [2.05, 4.69) is 25.8 Å². The van der Waals surface area contributed by atoms with Gasteiger partial charge < -0.3 is 9.73 Å². The van der Waals surface area contributed by atoms with Crippen LogP contribution in [0.15, 0.2) is 40.9 Å². The van der Waals surface area contributed by atoms with Crippen LogP contribution in [0.4, 0.5) is 0 Å². The van der Waals surface area contributed by atoms with E-state index in [0.717, 1.165) is 30.1 Å². The van der Waals surface area contributed by atoms with Crippen molar-refractivity contribution in [1.29, 1.82) is 0 Å². The van der Waals surface area contributed by atoms with Crippen molar-refractivity contribution in [3.8, 4) is 5.69 Å². The van der Waals surface area contributed by atoms with Gasteiger partial charge in [0, 0.05) is 5.92 Å². The van der Waals surface area contributed by atoms with Crippen LogP contribution < -0.4 is 5.32 Å². The predicted molar refractivity (Wildman–Crippen MR) is 82.9 cm³/mol. The minimum absolute atomic E-state index is 0.0451. The molecule has 0 radical (unpaired) electrons. The molecule has 4 rings (SSSR count). The van der Waals surface area contributed by atoms with Crippen LogP contribution in [-0.2, 0) is 6.54 Å². The molecule has 1 aliphatic carbocycles. The zero-order chi connectivity index (χ0) is 15.6. The van der Waals surface area contributed by atoms with Crippen LogP contribution in [0.5, 0.6) is 0 Å².